The van der Waals surface area contributed by atoms with Crippen LogP contribution in [-0.4, -0.2) is 26.1 Å². The molecule has 1 fully saturated rings. The number of hydrogen-bond donors (Lipinski definition) is 0. The number of halogens is 1. The van der Waals surface area contributed by atoms with Crippen molar-refractivity contribution in [1.29, 1.82) is 0 Å². The van der Waals surface area contributed by atoms with E-state index in [1.54, 1.807) is 0 Å². The molecular weight excluding hydrogens is 194 g/mol. The van der Waals surface area contributed by atoms with Crippen LogP contribution in [-0.2, 0) is 13.6 Å². The molecule has 0 aromatic carbocycles. The van der Waals surface area contributed by atoms with Crippen LogP contribution in [0.1, 0.15) is 25.7 Å². The monoisotopic (exact) mass is 210 g/mol. The summed E-state index contributed by atoms with van der Waals surface area (Å²) < 4.78 is 34.8. The Morgan fingerprint density at radius 1 is 1.23 bits per heavy atom. The van der Waals surface area contributed by atoms with Crippen molar-refractivity contribution in [3.63, 3.8) is 0 Å². The molecule has 1 aliphatic carbocycles. The lowest BCUT2D eigenvalue weighted by Gasteiger charge is -2.30. The van der Waals surface area contributed by atoms with Crippen LogP contribution in [0.2, 0.25) is 0 Å². The molecule has 13 heavy (non-hydrogen) atoms. The standard InChI is InChI=1S/C8H16FO3P/c1-11-13(10,12-2)8-6-4-3-5-7(8)9/h7-8H,3-6H2,1-2H3. The lowest BCUT2D eigenvalue weighted by atomic mass is 9.98. The molecule has 1 aliphatic rings. The van der Waals surface area contributed by atoms with Gasteiger partial charge in [-0.25, -0.2) is 4.39 Å². The molecule has 3 nitrogen and oxygen atoms in total. The fourth-order valence-corrected chi connectivity index (χ4v) is 3.50. The van der Waals surface area contributed by atoms with E-state index in [9.17, 15) is 8.96 Å². The maximum atomic E-state index is 13.4. The Morgan fingerprint density at radius 2 is 1.77 bits per heavy atom. The predicted octanol–water partition coefficient (Wildman–Crippen LogP) is 2.75. The zero-order chi connectivity index (χ0) is 9.90. The van der Waals surface area contributed by atoms with Gasteiger partial charge in [-0.05, 0) is 12.8 Å². The summed E-state index contributed by atoms with van der Waals surface area (Å²) in [4.78, 5) is 0. The van der Waals surface area contributed by atoms with Crippen LogP contribution in [0, 0.1) is 0 Å². The zero-order valence-electron chi connectivity index (χ0n) is 8.03. The van der Waals surface area contributed by atoms with Crippen molar-refractivity contribution in [2.24, 2.45) is 0 Å². The van der Waals surface area contributed by atoms with Crippen LogP contribution in [0.5, 0.6) is 0 Å². The van der Waals surface area contributed by atoms with Gasteiger partial charge < -0.3 is 9.05 Å². The minimum atomic E-state index is -3.19. The highest BCUT2D eigenvalue weighted by Gasteiger charge is 2.41. The van der Waals surface area contributed by atoms with Gasteiger partial charge in [-0.3, -0.25) is 4.57 Å². The SMILES string of the molecule is COP(=O)(OC)C1CCCCC1F. The normalized spacial score (nSPS) is 30.4. The zero-order valence-corrected chi connectivity index (χ0v) is 8.93. The van der Waals surface area contributed by atoms with Crippen molar-refractivity contribution in [3.8, 4) is 0 Å². The van der Waals surface area contributed by atoms with Gasteiger partial charge >= 0.3 is 7.60 Å². The molecule has 5 heteroatoms. The van der Waals surface area contributed by atoms with Crippen LogP contribution < -0.4 is 0 Å². The van der Waals surface area contributed by atoms with Gasteiger partial charge in [0.1, 0.15) is 6.17 Å². The van der Waals surface area contributed by atoms with Crippen molar-refractivity contribution in [3.05, 3.63) is 0 Å². The Bertz CT molecular complexity index is 202. The molecule has 0 N–H and O–H groups in total. The molecule has 0 aromatic heterocycles. The first kappa shape index (κ1) is 11.2. The maximum absolute atomic E-state index is 13.4. The fraction of sp³-hybridized carbons (Fsp3) is 1.00. The Hall–Kier alpha value is 0.0800. The average molecular weight is 210 g/mol. The number of hydrogen-bond acceptors (Lipinski definition) is 3. The summed E-state index contributed by atoms with van der Waals surface area (Å²) in [5.74, 6) is 0. The predicted molar refractivity (Wildman–Crippen MR) is 48.8 cm³/mol. The summed E-state index contributed by atoms with van der Waals surface area (Å²) in [6.07, 6.45) is 1.80. The Kier molecular flexibility index (Phi) is 3.89. The van der Waals surface area contributed by atoms with Gasteiger partial charge in [0.15, 0.2) is 0 Å². The summed E-state index contributed by atoms with van der Waals surface area (Å²) in [7, 11) is -0.565. The lowest BCUT2D eigenvalue weighted by molar-refractivity contribution is 0.201. The Morgan fingerprint density at radius 3 is 2.23 bits per heavy atom. The van der Waals surface area contributed by atoms with Crippen LogP contribution in [0.4, 0.5) is 4.39 Å². The van der Waals surface area contributed by atoms with Gasteiger partial charge in [-0.1, -0.05) is 12.8 Å². The molecule has 0 aromatic rings. The first-order valence-electron chi connectivity index (χ1n) is 4.49. The molecule has 1 saturated carbocycles. The third-order valence-corrected chi connectivity index (χ3v) is 4.97. The first-order valence-corrected chi connectivity index (χ1v) is 6.10. The quantitative estimate of drug-likeness (QED) is 0.672. The minimum absolute atomic E-state index is 0.474. The summed E-state index contributed by atoms with van der Waals surface area (Å²) in [6.45, 7) is 0. The average Bonchev–Trinajstić information content (AvgIpc) is 2.17. The van der Waals surface area contributed by atoms with Crippen molar-refractivity contribution in [1.82, 2.24) is 0 Å². The third-order valence-electron chi connectivity index (χ3n) is 2.56. The molecule has 0 aliphatic heterocycles. The van der Waals surface area contributed by atoms with Crippen molar-refractivity contribution < 1.29 is 18.0 Å². The van der Waals surface area contributed by atoms with Crippen LogP contribution in [0.25, 0.3) is 0 Å². The van der Waals surface area contributed by atoms with Crippen molar-refractivity contribution >= 4 is 7.60 Å². The van der Waals surface area contributed by atoms with Gasteiger partial charge in [0, 0.05) is 14.2 Å². The molecule has 78 valence electrons. The first-order chi connectivity index (χ1) is 6.14. The summed E-state index contributed by atoms with van der Waals surface area (Å²) in [5, 5.41) is 0. The number of alkyl halides is 1. The largest absolute Gasteiger partial charge is 0.336 e. The number of rotatable bonds is 3. The molecule has 0 radical (unpaired) electrons. The molecule has 1 rings (SSSR count). The highest BCUT2D eigenvalue weighted by atomic mass is 31.2. The van der Waals surface area contributed by atoms with E-state index in [2.05, 4.69) is 0 Å². The van der Waals surface area contributed by atoms with E-state index < -0.39 is 19.4 Å². The van der Waals surface area contributed by atoms with Gasteiger partial charge in [0.05, 0.1) is 5.66 Å². The van der Waals surface area contributed by atoms with E-state index in [4.69, 9.17) is 9.05 Å². The highest BCUT2D eigenvalue weighted by molar-refractivity contribution is 7.54. The van der Waals surface area contributed by atoms with E-state index >= 15 is 0 Å². The van der Waals surface area contributed by atoms with Crippen LogP contribution in [0.15, 0.2) is 0 Å². The topological polar surface area (TPSA) is 35.5 Å². The molecule has 2 atom stereocenters. The third kappa shape index (κ3) is 2.30. The highest BCUT2D eigenvalue weighted by Crippen LogP contribution is 2.56. The molecular formula is C8H16FO3P. The van der Waals surface area contributed by atoms with E-state index in [-0.39, 0.29) is 0 Å². The molecule has 0 amide bonds. The van der Waals surface area contributed by atoms with Gasteiger partial charge in [-0.15, -0.1) is 0 Å². The smallest absolute Gasteiger partial charge is 0.312 e. The van der Waals surface area contributed by atoms with Gasteiger partial charge in [0.25, 0.3) is 0 Å². The molecule has 2 unspecified atom stereocenters. The van der Waals surface area contributed by atoms with E-state index in [0.717, 1.165) is 12.8 Å². The van der Waals surface area contributed by atoms with E-state index in [1.807, 2.05) is 0 Å². The van der Waals surface area contributed by atoms with Crippen molar-refractivity contribution in [2.75, 3.05) is 14.2 Å². The van der Waals surface area contributed by atoms with E-state index in [0.29, 0.717) is 12.8 Å². The summed E-state index contributed by atoms with van der Waals surface area (Å²) in [6, 6.07) is 0. The molecule has 0 saturated heterocycles. The Labute approximate surface area is 78.1 Å². The second kappa shape index (κ2) is 4.54. The second-order valence-electron chi connectivity index (χ2n) is 3.27. The van der Waals surface area contributed by atoms with Gasteiger partial charge in [0.2, 0.25) is 0 Å². The van der Waals surface area contributed by atoms with Crippen LogP contribution >= 0.6 is 7.60 Å². The minimum Gasteiger partial charge on any atom is -0.312 e. The van der Waals surface area contributed by atoms with Crippen molar-refractivity contribution in [2.45, 2.75) is 37.5 Å². The lowest BCUT2D eigenvalue weighted by Crippen LogP contribution is -2.27. The molecule has 0 bridgehead atoms. The molecule has 0 spiro atoms. The summed E-state index contributed by atoms with van der Waals surface area (Å²) >= 11 is 0. The second-order valence-corrected chi connectivity index (χ2v) is 5.75. The van der Waals surface area contributed by atoms with Crippen LogP contribution in [0.3, 0.4) is 0 Å². The van der Waals surface area contributed by atoms with Gasteiger partial charge in [-0.2, -0.15) is 0 Å². The van der Waals surface area contributed by atoms with E-state index in [1.165, 1.54) is 14.2 Å². The summed E-state index contributed by atoms with van der Waals surface area (Å²) in [5.41, 5.74) is -0.559. The maximum Gasteiger partial charge on any atom is 0.336 e. The Balaban J connectivity index is 2.72. The molecule has 0 heterocycles. The fourth-order valence-electron chi connectivity index (χ4n) is 1.77.